The molecule has 132 valence electrons. The predicted octanol–water partition coefficient (Wildman–Crippen LogP) is 3.24. The van der Waals surface area contributed by atoms with Gasteiger partial charge in [-0.2, -0.15) is 0 Å². The van der Waals surface area contributed by atoms with Gasteiger partial charge >= 0.3 is 0 Å². The van der Waals surface area contributed by atoms with Gasteiger partial charge in [-0.05, 0) is 60.5 Å². The Kier molecular flexibility index (Phi) is 4.92. The fourth-order valence-corrected chi connectivity index (χ4v) is 3.91. The summed E-state index contributed by atoms with van der Waals surface area (Å²) in [6, 6.07) is 13.3. The number of aromatic nitrogens is 1. The zero-order chi connectivity index (χ0) is 17.2. The number of likely N-dealkylation sites (tertiary alicyclic amines) is 1. The second-order valence-corrected chi connectivity index (χ2v) is 7.84. The Bertz CT molecular complexity index is 715. The topological polar surface area (TPSA) is 43.4 Å². The van der Waals surface area contributed by atoms with E-state index < -0.39 is 0 Å². The third kappa shape index (κ3) is 3.81. The van der Waals surface area contributed by atoms with Gasteiger partial charge in [-0.15, -0.1) is 0 Å². The van der Waals surface area contributed by atoms with E-state index in [-0.39, 0.29) is 6.29 Å². The van der Waals surface area contributed by atoms with Crippen LogP contribution >= 0.6 is 15.9 Å². The minimum absolute atomic E-state index is 0.0745. The summed E-state index contributed by atoms with van der Waals surface area (Å²) in [5, 5.41) is 7.37. The largest absolute Gasteiger partial charge is 0.336 e. The fraction of sp³-hybridized carbons (Fsp3) is 0.421. The maximum atomic E-state index is 4.56. The van der Waals surface area contributed by atoms with Crippen LogP contribution < -0.4 is 15.5 Å². The van der Waals surface area contributed by atoms with E-state index in [1.165, 1.54) is 18.4 Å². The van der Waals surface area contributed by atoms with E-state index >= 15 is 0 Å². The van der Waals surface area contributed by atoms with Crippen LogP contribution in [0.4, 0.5) is 11.5 Å². The van der Waals surface area contributed by atoms with E-state index in [2.05, 4.69) is 84.8 Å². The highest BCUT2D eigenvalue weighted by atomic mass is 79.9. The smallest absolute Gasteiger partial charge is 0.157 e. The van der Waals surface area contributed by atoms with E-state index in [4.69, 9.17) is 0 Å². The first-order valence-electron chi connectivity index (χ1n) is 8.86. The number of nitrogens with one attached hydrogen (secondary N) is 2. The van der Waals surface area contributed by atoms with Crippen LogP contribution in [0.5, 0.6) is 0 Å². The van der Waals surface area contributed by atoms with Crippen molar-refractivity contribution in [1.29, 1.82) is 0 Å². The van der Waals surface area contributed by atoms with Crippen molar-refractivity contribution < 1.29 is 0 Å². The molecule has 1 saturated heterocycles. The van der Waals surface area contributed by atoms with E-state index in [0.29, 0.717) is 6.04 Å². The van der Waals surface area contributed by atoms with Gasteiger partial charge in [0.2, 0.25) is 0 Å². The molecule has 1 atom stereocenters. The Balaban J connectivity index is 1.55. The number of halogens is 1. The van der Waals surface area contributed by atoms with E-state index in [1.54, 1.807) is 0 Å². The molecule has 0 bridgehead atoms. The zero-order valence-electron chi connectivity index (χ0n) is 14.5. The Morgan fingerprint density at radius 3 is 2.76 bits per heavy atom. The summed E-state index contributed by atoms with van der Waals surface area (Å²) >= 11 is 3.56. The number of piperidine rings is 1. The second-order valence-electron chi connectivity index (χ2n) is 6.93. The molecule has 25 heavy (non-hydrogen) atoms. The van der Waals surface area contributed by atoms with Gasteiger partial charge in [0.1, 0.15) is 0 Å². The van der Waals surface area contributed by atoms with Crippen molar-refractivity contribution in [2.45, 2.75) is 31.7 Å². The number of hydrogen-bond donors (Lipinski definition) is 2. The second kappa shape index (κ2) is 7.32. The molecule has 1 aromatic heterocycles. The van der Waals surface area contributed by atoms with Crippen molar-refractivity contribution in [3.63, 3.8) is 0 Å². The van der Waals surface area contributed by atoms with Crippen molar-refractivity contribution in [3.05, 3.63) is 52.6 Å². The van der Waals surface area contributed by atoms with Crippen LogP contribution in [0.1, 0.15) is 18.4 Å². The monoisotopic (exact) mass is 401 g/mol. The third-order valence-electron chi connectivity index (χ3n) is 5.04. The summed E-state index contributed by atoms with van der Waals surface area (Å²) < 4.78 is 1.01. The van der Waals surface area contributed by atoms with Crippen molar-refractivity contribution in [1.82, 2.24) is 15.2 Å². The number of anilines is 2. The highest BCUT2D eigenvalue weighted by Gasteiger charge is 2.32. The summed E-state index contributed by atoms with van der Waals surface area (Å²) in [5.41, 5.74) is 2.44. The number of nitrogens with zero attached hydrogens (tertiary/aromatic N) is 3. The van der Waals surface area contributed by atoms with E-state index in [1.807, 2.05) is 6.20 Å². The van der Waals surface area contributed by atoms with Crippen LogP contribution in [0.15, 0.2) is 47.1 Å². The Morgan fingerprint density at radius 1 is 1.24 bits per heavy atom. The quantitative estimate of drug-likeness (QED) is 0.822. The molecule has 1 fully saturated rings. The first-order valence-corrected chi connectivity index (χ1v) is 9.65. The van der Waals surface area contributed by atoms with Crippen LogP contribution in [-0.2, 0) is 6.54 Å². The van der Waals surface area contributed by atoms with Crippen molar-refractivity contribution in [2.75, 3.05) is 30.4 Å². The molecule has 0 spiro atoms. The lowest BCUT2D eigenvalue weighted by atomic mass is 10.1. The average molecular weight is 402 g/mol. The summed E-state index contributed by atoms with van der Waals surface area (Å²) in [6.45, 7) is 3.16. The number of fused-ring (bicyclic) bond motifs is 1. The zero-order valence-corrected chi connectivity index (χ0v) is 16.0. The van der Waals surface area contributed by atoms with Crippen LogP contribution in [-0.4, -0.2) is 42.4 Å². The fourth-order valence-electron chi connectivity index (χ4n) is 3.59. The molecular weight excluding hydrogens is 378 g/mol. The molecule has 3 heterocycles. The minimum atomic E-state index is 0.0745. The van der Waals surface area contributed by atoms with Gasteiger partial charge in [0, 0.05) is 23.3 Å². The van der Waals surface area contributed by atoms with Crippen LogP contribution in [0.2, 0.25) is 0 Å². The van der Waals surface area contributed by atoms with Crippen LogP contribution in [0.3, 0.4) is 0 Å². The van der Waals surface area contributed by atoms with Gasteiger partial charge in [0.25, 0.3) is 0 Å². The molecule has 1 aromatic carbocycles. The molecule has 0 radical (unpaired) electrons. The van der Waals surface area contributed by atoms with Crippen molar-refractivity contribution in [3.8, 4) is 0 Å². The number of pyridine rings is 1. The number of rotatable bonds is 4. The maximum absolute atomic E-state index is 4.56. The van der Waals surface area contributed by atoms with Gasteiger partial charge in [-0.25, -0.2) is 4.98 Å². The molecule has 1 unspecified atom stereocenters. The lowest BCUT2D eigenvalue weighted by molar-refractivity contribution is 0.227. The lowest BCUT2D eigenvalue weighted by Gasteiger charge is -2.35. The molecule has 0 amide bonds. The lowest BCUT2D eigenvalue weighted by Crippen LogP contribution is -2.53. The molecule has 2 aliphatic rings. The normalized spacial score (nSPS) is 21.2. The van der Waals surface area contributed by atoms with Gasteiger partial charge in [-0.1, -0.05) is 30.3 Å². The summed E-state index contributed by atoms with van der Waals surface area (Å²) in [6.07, 6.45) is 4.29. The van der Waals surface area contributed by atoms with Crippen molar-refractivity contribution >= 4 is 27.4 Å². The highest BCUT2D eigenvalue weighted by Crippen LogP contribution is 2.35. The molecular formula is C19H24BrN5. The molecule has 5 nitrogen and oxygen atoms in total. The predicted molar refractivity (Wildman–Crippen MR) is 106 cm³/mol. The molecule has 6 heteroatoms. The van der Waals surface area contributed by atoms with E-state index in [0.717, 1.165) is 35.6 Å². The first-order chi connectivity index (χ1) is 12.2. The van der Waals surface area contributed by atoms with Gasteiger partial charge in [0.05, 0.1) is 5.69 Å². The average Bonchev–Trinajstić information content (AvgIpc) is 2.95. The molecule has 2 aromatic rings. The first kappa shape index (κ1) is 16.8. The number of benzene rings is 1. The van der Waals surface area contributed by atoms with Gasteiger partial charge in [-0.3, -0.25) is 5.32 Å². The SMILES string of the molecule is CN1CCC(NC2Nc3ncc(Br)cc3N2Cc2ccccc2)CC1. The van der Waals surface area contributed by atoms with Gasteiger partial charge < -0.3 is 15.1 Å². The molecule has 2 aliphatic heterocycles. The standard InChI is InChI=1S/C19H24BrN5/c1-24-9-7-16(8-10-24)22-19-23-18-17(11-15(20)12-21-18)25(19)13-14-5-3-2-4-6-14/h2-6,11-12,16,19,22H,7-10,13H2,1H3,(H,21,23). The highest BCUT2D eigenvalue weighted by molar-refractivity contribution is 9.10. The molecule has 2 N–H and O–H groups in total. The number of hydrogen-bond acceptors (Lipinski definition) is 5. The molecule has 4 rings (SSSR count). The maximum Gasteiger partial charge on any atom is 0.157 e. The minimum Gasteiger partial charge on any atom is -0.336 e. The van der Waals surface area contributed by atoms with Crippen LogP contribution in [0.25, 0.3) is 0 Å². The summed E-state index contributed by atoms with van der Waals surface area (Å²) in [4.78, 5) is 9.33. The summed E-state index contributed by atoms with van der Waals surface area (Å²) in [5.74, 6) is 0.949. The third-order valence-corrected chi connectivity index (χ3v) is 5.47. The Morgan fingerprint density at radius 2 is 2.00 bits per heavy atom. The van der Waals surface area contributed by atoms with Gasteiger partial charge in [0.15, 0.2) is 12.1 Å². The van der Waals surface area contributed by atoms with E-state index in [9.17, 15) is 0 Å². The summed E-state index contributed by atoms with van der Waals surface area (Å²) in [7, 11) is 2.20. The molecule has 0 saturated carbocycles. The van der Waals surface area contributed by atoms with Crippen LogP contribution in [0, 0.1) is 0 Å². The van der Waals surface area contributed by atoms with Crippen molar-refractivity contribution in [2.24, 2.45) is 0 Å². The molecule has 0 aliphatic carbocycles. The Labute approximate surface area is 157 Å². The Hall–Kier alpha value is -1.63.